The summed E-state index contributed by atoms with van der Waals surface area (Å²) in [5, 5.41) is 0. The first kappa shape index (κ1) is 15.3. The van der Waals surface area contributed by atoms with Crippen molar-refractivity contribution in [3.63, 3.8) is 0 Å². The first-order valence-corrected chi connectivity index (χ1v) is 9.25. The van der Waals surface area contributed by atoms with Crippen molar-refractivity contribution in [2.75, 3.05) is 16.7 Å². The number of nitrogen functional groups attached to an aromatic ring is 1. The molecular weight excluding hydrogens is 312 g/mol. The van der Waals surface area contributed by atoms with Crippen LogP contribution in [0.4, 0.5) is 11.4 Å². The lowest BCUT2D eigenvalue weighted by Crippen LogP contribution is -2.14. The van der Waals surface area contributed by atoms with Gasteiger partial charge in [0.15, 0.2) is 9.84 Å². The van der Waals surface area contributed by atoms with Gasteiger partial charge in [0.25, 0.3) is 10.0 Å². The highest BCUT2D eigenvalue weighted by Crippen LogP contribution is 2.22. The van der Waals surface area contributed by atoms with Crippen LogP contribution in [0.15, 0.2) is 58.3 Å². The summed E-state index contributed by atoms with van der Waals surface area (Å²) in [7, 11) is -7.14. The second-order valence-electron chi connectivity index (χ2n) is 4.44. The zero-order valence-corrected chi connectivity index (χ0v) is 12.8. The fourth-order valence-electron chi connectivity index (χ4n) is 1.71. The monoisotopic (exact) mass is 326 g/mol. The minimum absolute atomic E-state index is 0.0304. The molecule has 0 radical (unpaired) electrons. The Kier molecular flexibility index (Phi) is 3.93. The third kappa shape index (κ3) is 3.53. The summed E-state index contributed by atoms with van der Waals surface area (Å²) < 4.78 is 49.4. The highest BCUT2D eigenvalue weighted by molar-refractivity contribution is 7.93. The topological polar surface area (TPSA) is 106 Å². The lowest BCUT2D eigenvalue weighted by molar-refractivity contribution is 0.600. The minimum atomic E-state index is -3.82. The quantitative estimate of drug-likeness (QED) is 0.828. The number of nitrogens with one attached hydrogen (secondary N) is 1. The van der Waals surface area contributed by atoms with Gasteiger partial charge in [0.2, 0.25) is 0 Å². The summed E-state index contributed by atoms with van der Waals surface area (Å²) >= 11 is 0. The summed E-state index contributed by atoms with van der Waals surface area (Å²) in [6, 6.07) is 11.5. The second kappa shape index (κ2) is 5.38. The Balaban J connectivity index is 2.32. The highest BCUT2D eigenvalue weighted by Gasteiger charge is 2.17. The number of hydrogen-bond donors (Lipinski definition) is 2. The summed E-state index contributed by atoms with van der Waals surface area (Å²) in [5.74, 6) is 0. The molecule has 2 rings (SSSR count). The van der Waals surface area contributed by atoms with Crippen LogP contribution in [-0.2, 0) is 19.9 Å². The fourth-order valence-corrected chi connectivity index (χ4v) is 3.53. The van der Waals surface area contributed by atoms with Gasteiger partial charge in [-0.2, -0.15) is 0 Å². The number of sulfonamides is 1. The molecule has 0 fully saturated rings. The lowest BCUT2D eigenvalue weighted by Gasteiger charge is -2.10. The molecule has 0 heterocycles. The Labute approximate surface area is 123 Å². The molecule has 0 bridgehead atoms. The van der Waals surface area contributed by atoms with Crippen molar-refractivity contribution in [3.8, 4) is 0 Å². The van der Waals surface area contributed by atoms with E-state index in [2.05, 4.69) is 4.72 Å². The number of anilines is 2. The molecule has 3 N–H and O–H groups in total. The van der Waals surface area contributed by atoms with Crippen molar-refractivity contribution in [2.45, 2.75) is 9.79 Å². The van der Waals surface area contributed by atoms with Crippen molar-refractivity contribution < 1.29 is 16.8 Å². The molecule has 21 heavy (non-hydrogen) atoms. The highest BCUT2D eigenvalue weighted by atomic mass is 32.2. The van der Waals surface area contributed by atoms with Crippen LogP contribution in [0.3, 0.4) is 0 Å². The molecule has 0 amide bonds. The lowest BCUT2D eigenvalue weighted by atomic mass is 10.3. The van der Waals surface area contributed by atoms with Gasteiger partial charge in [-0.15, -0.1) is 0 Å². The van der Waals surface area contributed by atoms with Crippen LogP contribution >= 0.6 is 0 Å². The maximum absolute atomic E-state index is 12.2. The first-order chi connectivity index (χ1) is 9.70. The van der Waals surface area contributed by atoms with E-state index in [0.717, 1.165) is 6.26 Å². The molecular formula is C13H14N2O4S2. The summed E-state index contributed by atoms with van der Waals surface area (Å²) in [6.07, 6.45) is 1.08. The number of hydrogen-bond acceptors (Lipinski definition) is 5. The molecule has 0 atom stereocenters. The van der Waals surface area contributed by atoms with E-state index < -0.39 is 19.9 Å². The Morgan fingerprint density at radius 2 is 1.48 bits per heavy atom. The van der Waals surface area contributed by atoms with Gasteiger partial charge >= 0.3 is 0 Å². The van der Waals surface area contributed by atoms with Gasteiger partial charge in [-0.05, 0) is 36.4 Å². The molecule has 6 nitrogen and oxygen atoms in total. The van der Waals surface area contributed by atoms with E-state index >= 15 is 0 Å². The summed E-state index contributed by atoms with van der Waals surface area (Å²) in [6.45, 7) is 0. The largest absolute Gasteiger partial charge is 0.398 e. The number of nitrogens with two attached hydrogens (primary N) is 1. The van der Waals surface area contributed by atoms with E-state index in [-0.39, 0.29) is 21.2 Å². The fraction of sp³-hybridized carbons (Fsp3) is 0.0769. The Bertz CT molecular complexity index is 857. The van der Waals surface area contributed by atoms with Gasteiger partial charge in [-0.25, -0.2) is 16.8 Å². The van der Waals surface area contributed by atoms with Crippen LogP contribution in [0.2, 0.25) is 0 Å². The number of sulfone groups is 1. The van der Waals surface area contributed by atoms with Crippen molar-refractivity contribution in [3.05, 3.63) is 48.5 Å². The zero-order valence-electron chi connectivity index (χ0n) is 11.1. The zero-order chi connectivity index (χ0) is 15.7. The molecule has 2 aromatic carbocycles. The average molecular weight is 326 g/mol. The molecule has 0 aliphatic rings. The molecule has 8 heteroatoms. The number of benzene rings is 2. The van der Waals surface area contributed by atoms with E-state index in [9.17, 15) is 16.8 Å². The maximum atomic E-state index is 12.2. The van der Waals surface area contributed by atoms with Gasteiger partial charge in [0.05, 0.1) is 10.6 Å². The van der Waals surface area contributed by atoms with Crippen molar-refractivity contribution >= 4 is 31.2 Å². The van der Waals surface area contributed by atoms with Crippen molar-refractivity contribution in [1.82, 2.24) is 0 Å². The minimum Gasteiger partial charge on any atom is -0.398 e. The maximum Gasteiger partial charge on any atom is 0.263 e. The van der Waals surface area contributed by atoms with Crippen LogP contribution in [0.25, 0.3) is 0 Å². The molecule has 0 aromatic heterocycles. The Morgan fingerprint density at radius 3 is 2.00 bits per heavy atom. The van der Waals surface area contributed by atoms with Crippen LogP contribution in [-0.4, -0.2) is 23.1 Å². The predicted molar refractivity (Wildman–Crippen MR) is 81.2 cm³/mol. The van der Waals surface area contributed by atoms with Crippen LogP contribution in [0.1, 0.15) is 0 Å². The van der Waals surface area contributed by atoms with E-state index in [1.165, 1.54) is 36.4 Å². The van der Waals surface area contributed by atoms with E-state index in [4.69, 9.17) is 5.73 Å². The molecule has 0 saturated heterocycles. The Hall–Kier alpha value is -2.06. The molecule has 2 aromatic rings. The van der Waals surface area contributed by atoms with Gasteiger partial charge in [0.1, 0.15) is 4.90 Å². The molecule has 0 unspecified atom stereocenters. The molecule has 0 aliphatic heterocycles. The smallest absolute Gasteiger partial charge is 0.263 e. The van der Waals surface area contributed by atoms with Gasteiger partial charge in [-0.1, -0.05) is 12.1 Å². The Morgan fingerprint density at radius 1 is 0.905 bits per heavy atom. The van der Waals surface area contributed by atoms with E-state index in [1.807, 2.05) is 0 Å². The SMILES string of the molecule is CS(=O)(=O)c1ccc(NS(=O)(=O)c2ccccc2N)cc1. The molecule has 0 spiro atoms. The van der Waals surface area contributed by atoms with Crippen LogP contribution in [0, 0.1) is 0 Å². The van der Waals surface area contributed by atoms with Crippen LogP contribution in [0.5, 0.6) is 0 Å². The van der Waals surface area contributed by atoms with Crippen LogP contribution < -0.4 is 10.5 Å². The molecule has 112 valence electrons. The van der Waals surface area contributed by atoms with Crippen molar-refractivity contribution in [2.24, 2.45) is 0 Å². The number of para-hydroxylation sites is 1. The van der Waals surface area contributed by atoms with E-state index in [1.54, 1.807) is 12.1 Å². The summed E-state index contributed by atoms with van der Waals surface area (Å²) in [4.78, 5) is 0.0851. The average Bonchev–Trinajstić information content (AvgIpc) is 2.38. The van der Waals surface area contributed by atoms with Gasteiger partial charge < -0.3 is 5.73 Å². The van der Waals surface area contributed by atoms with Gasteiger partial charge in [-0.3, -0.25) is 4.72 Å². The van der Waals surface area contributed by atoms with Gasteiger partial charge in [0, 0.05) is 11.9 Å². The summed E-state index contributed by atoms with van der Waals surface area (Å²) in [5.41, 5.74) is 6.04. The normalized spacial score (nSPS) is 12.0. The predicted octanol–water partition coefficient (Wildman–Crippen LogP) is 1.47. The van der Waals surface area contributed by atoms with E-state index in [0.29, 0.717) is 0 Å². The third-order valence-electron chi connectivity index (χ3n) is 2.74. The standard InChI is InChI=1S/C13H14N2O4S2/c1-20(16,17)11-8-6-10(7-9-11)15-21(18,19)13-5-3-2-4-12(13)14/h2-9,15H,14H2,1H3. The third-order valence-corrected chi connectivity index (χ3v) is 5.33. The molecule has 0 saturated carbocycles. The molecule has 0 aliphatic carbocycles. The first-order valence-electron chi connectivity index (χ1n) is 5.87. The number of rotatable bonds is 4. The van der Waals surface area contributed by atoms with Crippen molar-refractivity contribution in [1.29, 1.82) is 0 Å². The second-order valence-corrected chi connectivity index (χ2v) is 8.11.